The summed E-state index contributed by atoms with van der Waals surface area (Å²) in [5.74, 6) is 0.297. The minimum Gasteiger partial charge on any atom is -0.427 e. The third-order valence-electron chi connectivity index (χ3n) is 1.92. The number of esters is 1. The van der Waals surface area contributed by atoms with E-state index in [1.807, 2.05) is 38.1 Å². The van der Waals surface area contributed by atoms with E-state index in [-0.39, 0.29) is 5.97 Å². The fraction of sp³-hybridized carbons (Fsp3) is 0.364. The van der Waals surface area contributed by atoms with Crippen LogP contribution in [0.3, 0.4) is 0 Å². The summed E-state index contributed by atoms with van der Waals surface area (Å²) in [6, 6.07) is 5.59. The number of hydrogen-bond donors (Lipinski definition) is 0. The van der Waals surface area contributed by atoms with Gasteiger partial charge >= 0.3 is 5.97 Å². The van der Waals surface area contributed by atoms with Crippen LogP contribution in [0.15, 0.2) is 18.2 Å². The van der Waals surface area contributed by atoms with Gasteiger partial charge in [0.15, 0.2) is 0 Å². The Balaban J connectivity index is 3.00. The molecule has 1 rings (SSSR count). The molecule has 0 amide bonds. The van der Waals surface area contributed by atoms with Gasteiger partial charge in [-0.2, -0.15) is 0 Å². The highest BCUT2D eigenvalue weighted by atomic mass is 16.5. The Hall–Kier alpha value is -1.51. The maximum absolute atomic E-state index is 10.7. The Morgan fingerprint density at radius 3 is 2.50 bits per heavy atom. The lowest BCUT2D eigenvalue weighted by Gasteiger charge is -2.16. The molecular weight excluding hydrogens is 178 g/mol. The first-order chi connectivity index (χ1) is 6.50. The molecule has 0 spiro atoms. The molecule has 3 heteroatoms. The maximum atomic E-state index is 10.7. The van der Waals surface area contributed by atoms with Crippen molar-refractivity contribution in [2.75, 3.05) is 19.0 Å². The molecule has 3 nitrogen and oxygen atoms in total. The van der Waals surface area contributed by atoms with Gasteiger partial charge in [-0.15, -0.1) is 0 Å². The molecule has 1 aromatic carbocycles. The van der Waals surface area contributed by atoms with Crippen LogP contribution in [-0.2, 0) is 4.79 Å². The van der Waals surface area contributed by atoms with Crippen LogP contribution in [0, 0.1) is 6.92 Å². The van der Waals surface area contributed by atoms with Crippen molar-refractivity contribution in [2.45, 2.75) is 13.8 Å². The zero-order valence-corrected chi connectivity index (χ0v) is 9.00. The van der Waals surface area contributed by atoms with Crippen LogP contribution in [0.2, 0.25) is 0 Å². The second-order valence-corrected chi connectivity index (χ2v) is 3.44. The van der Waals surface area contributed by atoms with Crippen molar-refractivity contribution < 1.29 is 9.53 Å². The Morgan fingerprint density at radius 2 is 2.00 bits per heavy atom. The standard InChI is InChI=1S/C11H15NO2/c1-8-5-6-10(14-9(2)13)7-11(8)12(3)4/h5-7H,1-4H3. The van der Waals surface area contributed by atoms with E-state index in [1.165, 1.54) is 6.92 Å². The van der Waals surface area contributed by atoms with E-state index in [1.54, 1.807) is 6.07 Å². The monoisotopic (exact) mass is 193 g/mol. The van der Waals surface area contributed by atoms with Crippen LogP contribution in [0.5, 0.6) is 5.75 Å². The number of rotatable bonds is 2. The Bertz CT molecular complexity index is 345. The third-order valence-corrected chi connectivity index (χ3v) is 1.92. The van der Waals surface area contributed by atoms with Gasteiger partial charge in [0, 0.05) is 32.8 Å². The summed E-state index contributed by atoms with van der Waals surface area (Å²) >= 11 is 0. The smallest absolute Gasteiger partial charge is 0.308 e. The molecule has 0 heterocycles. The number of benzene rings is 1. The first kappa shape index (κ1) is 10.6. The molecular formula is C11H15NO2. The second kappa shape index (κ2) is 4.13. The third kappa shape index (κ3) is 2.49. The summed E-state index contributed by atoms with van der Waals surface area (Å²) < 4.78 is 4.99. The van der Waals surface area contributed by atoms with Crippen molar-refractivity contribution in [3.63, 3.8) is 0 Å². The number of carbonyl (C=O) groups excluding carboxylic acids is 1. The lowest BCUT2D eigenvalue weighted by atomic mass is 10.2. The van der Waals surface area contributed by atoms with Crippen molar-refractivity contribution in [3.05, 3.63) is 23.8 Å². The summed E-state index contributed by atoms with van der Waals surface area (Å²) in [6.07, 6.45) is 0. The molecule has 0 N–H and O–H groups in total. The number of anilines is 1. The number of carbonyl (C=O) groups is 1. The summed E-state index contributed by atoms with van der Waals surface area (Å²) in [6.45, 7) is 3.42. The molecule has 0 aliphatic carbocycles. The zero-order valence-electron chi connectivity index (χ0n) is 9.00. The second-order valence-electron chi connectivity index (χ2n) is 3.44. The largest absolute Gasteiger partial charge is 0.427 e. The number of aryl methyl sites for hydroxylation is 1. The molecule has 0 fully saturated rings. The fourth-order valence-electron chi connectivity index (χ4n) is 1.30. The molecule has 0 aliphatic rings. The Kier molecular flexibility index (Phi) is 3.12. The van der Waals surface area contributed by atoms with Gasteiger partial charge in [0.2, 0.25) is 0 Å². The van der Waals surface area contributed by atoms with E-state index in [2.05, 4.69) is 0 Å². The molecule has 0 unspecified atom stereocenters. The Labute approximate surface area is 84.3 Å². The lowest BCUT2D eigenvalue weighted by Crippen LogP contribution is -2.11. The molecule has 0 saturated carbocycles. The summed E-state index contributed by atoms with van der Waals surface area (Å²) in [7, 11) is 3.92. The highest BCUT2D eigenvalue weighted by molar-refractivity contribution is 5.70. The highest BCUT2D eigenvalue weighted by Gasteiger charge is 2.04. The summed E-state index contributed by atoms with van der Waals surface area (Å²) in [4.78, 5) is 12.7. The molecule has 0 aromatic heterocycles. The van der Waals surface area contributed by atoms with Gasteiger partial charge in [-0.3, -0.25) is 4.79 Å². The van der Waals surface area contributed by atoms with Gasteiger partial charge in [-0.05, 0) is 18.6 Å². The number of ether oxygens (including phenoxy) is 1. The molecule has 0 aliphatic heterocycles. The van der Waals surface area contributed by atoms with Crippen molar-refractivity contribution in [1.82, 2.24) is 0 Å². The molecule has 0 radical (unpaired) electrons. The van der Waals surface area contributed by atoms with Crippen LogP contribution < -0.4 is 9.64 Å². The number of hydrogen-bond acceptors (Lipinski definition) is 3. The summed E-state index contributed by atoms with van der Waals surface area (Å²) in [5.41, 5.74) is 2.22. The van der Waals surface area contributed by atoms with E-state index < -0.39 is 0 Å². The maximum Gasteiger partial charge on any atom is 0.308 e. The first-order valence-corrected chi connectivity index (χ1v) is 4.47. The molecule has 0 saturated heterocycles. The lowest BCUT2D eigenvalue weighted by molar-refractivity contribution is -0.131. The predicted molar refractivity (Wildman–Crippen MR) is 56.8 cm³/mol. The number of nitrogens with zero attached hydrogens (tertiary/aromatic N) is 1. The molecule has 14 heavy (non-hydrogen) atoms. The van der Waals surface area contributed by atoms with Crippen molar-refractivity contribution >= 4 is 11.7 Å². The van der Waals surface area contributed by atoms with Crippen LogP contribution >= 0.6 is 0 Å². The van der Waals surface area contributed by atoms with Crippen LogP contribution in [0.1, 0.15) is 12.5 Å². The zero-order chi connectivity index (χ0) is 10.7. The highest BCUT2D eigenvalue weighted by Crippen LogP contribution is 2.23. The van der Waals surface area contributed by atoms with E-state index in [4.69, 9.17) is 4.74 Å². The van der Waals surface area contributed by atoms with E-state index in [0.717, 1.165) is 11.3 Å². The van der Waals surface area contributed by atoms with Crippen LogP contribution in [0.4, 0.5) is 5.69 Å². The van der Waals surface area contributed by atoms with E-state index >= 15 is 0 Å². The van der Waals surface area contributed by atoms with E-state index in [0.29, 0.717) is 5.75 Å². The van der Waals surface area contributed by atoms with E-state index in [9.17, 15) is 4.79 Å². The van der Waals surface area contributed by atoms with Gasteiger partial charge in [-0.1, -0.05) is 6.07 Å². The van der Waals surface area contributed by atoms with Gasteiger partial charge in [0.05, 0.1) is 0 Å². The van der Waals surface area contributed by atoms with Crippen molar-refractivity contribution in [3.8, 4) is 5.75 Å². The first-order valence-electron chi connectivity index (χ1n) is 4.47. The van der Waals surface area contributed by atoms with Gasteiger partial charge < -0.3 is 9.64 Å². The fourth-order valence-corrected chi connectivity index (χ4v) is 1.30. The van der Waals surface area contributed by atoms with Crippen LogP contribution in [-0.4, -0.2) is 20.1 Å². The van der Waals surface area contributed by atoms with Gasteiger partial charge in [-0.25, -0.2) is 0 Å². The molecule has 0 bridgehead atoms. The predicted octanol–water partition coefficient (Wildman–Crippen LogP) is 1.99. The quantitative estimate of drug-likeness (QED) is 0.531. The minimum absolute atomic E-state index is 0.293. The normalized spacial score (nSPS) is 9.71. The topological polar surface area (TPSA) is 29.5 Å². The molecule has 1 aromatic rings. The van der Waals surface area contributed by atoms with Crippen molar-refractivity contribution in [2.24, 2.45) is 0 Å². The SMILES string of the molecule is CC(=O)Oc1ccc(C)c(N(C)C)c1. The molecule has 0 atom stereocenters. The van der Waals surface area contributed by atoms with Crippen LogP contribution in [0.25, 0.3) is 0 Å². The Morgan fingerprint density at radius 1 is 1.36 bits per heavy atom. The van der Waals surface area contributed by atoms with Gasteiger partial charge in [0.1, 0.15) is 5.75 Å². The van der Waals surface area contributed by atoms with Crippen molar-refractivity contribution in [1.29, 1.82) is 0 Å². The van der Waals surface area contributed by atoms with Gasteiger partial charge in [0.25, 0.3) is 0 Å². The minimum atomic E-state index is -0.293. The summed E-state index contributed by atoms with van der Waals surface area (Å²) in [5, 5.41) is 0. The average molecular weight is 193 g/mol. The average Bonchev–Trinajstić information content (AvgIpc) is 2.07. The molecule has 76 valence electrons.